The molecule has 1 saturated carbocycles. The van der Waals surface area contributed by atoms with Gasteiger partial charge in [-0.05, 0) is 71.3 Å². The number of carbonyl (C=O) groups is 1. The summed E-state index contributed by atoms with van der Waals surface area (Å²) in [5, 5.41) is 8.63. The molecule has 0 atom stereocenters. The van der Waals surface area contributed by atoms with Crippen LogP contribution < -0.4 is 4.74 Å². The molecule has 0 radical (unpaired) electrons. The monoisotopic (exact) mass is 352 g/mol. The second-order valence-corrected chi connectivity index (χ2v) is 6.38. The predicted molar refractivity (Wildman–Crippen MR) is 87.5 cm³/mol. The first kappa shape index (κ1) is 16.1. The maximum atomic E-state index is 10.5. The summed E-state index contributed by atoms with van der Waals surface area (Å²) < 4.78 is 6.94. The molecule has 0 amide bonds. The number of hydrogen-bond acceptors (Lipinski definition) is 2. The molecule has 0 unspecified atom stereocenters. The van der Waals surface area contributed by atoms with Crippen LogP contribution in [0, 0.1) is 5.92 Å². The highest BCUT2D eigenvalue weighted by Gasteiger charge is 2.21. The summed E-state index contributed by atoms with van der Waals surface area (Å²) in [6.45, 7) is 2.26. The second-order valence-electron chi connectivity index (χ2n) is 5.53. The van der Waals surface area contributed by atoms with Crippen LogP contribution in [0.4, 0.5) is 0 Å². The lowest BCUT2D eigenvalue weighted by atomic mass is 9.86. The summed E-state index contributed by atoms with van der Waals surface area (Å²) >= 11 is 3.50. The van der Waals surface area contributed by atoms with Crippen LogP contribution in [0.15, 0.2) is 28.7 Å². The Hall–Kier alpha value is -1.29. The van der Waals surface area contributed by atoms with Crippen LogP contribution in [0.3, 0.4) is 0 Å². The van der Waals surface area contributed by atoms with Gasteiger partial charge in [-0.2, -0.15) is 0 Å². The summed E-state index contributed by atoms with van der Waals surface area (Å²) in [5.74, 6) is 0.748. The number of hydrogen-bond donors (Lipinski definition) is 1. The molecule has 0 heterocycles. The maximum absolute atomic E-state index is 10.5. The molecule has 1 aliphatic carbocycles. The van der Waals surface area contributed by atoms with Crippen molar-refractivity contribution >= 4 is 28.0 Å². The minimum absolute atomic E-state index is 0.296. The van der Waals surface area contributed by atoms with E-state index in [1.165, 1.54) is 19.3 Å². The Kier molecular flexibility index (Phi) is 5.85. The van der Waals surface area contributed by atoms with Crippen LogP contribution in [0.1, 0.15) is 44.6 Å². The first-order chi connectivity index (χ1) is 10.1. The number of carboxylic acids is 1. The quantitative estimate of drug-likeness (QED) is 0.767. The number of carboxylic acid groups (broad SMARTS) is 1. The fraction of sp³-hybridized carbons (Fsp3) is 0.471. The minimum atomic E-state index is -0.945. The van der Waals surface area contributed by atoms with Crippen LogP contribution in [-0.2, 0) is 4.79 Å². The fourth-order valence-corrected chi connectivity index (χ4v) is 3.21. The minimum Gasteiger partial charge on any atom is -0.489 e. The van der Waals surface area contributed by atoms with Gasteiger partial charge in [0.05, 0.1) is 10.6 Å². The molecule has 3 nitrogen and oxygen atoms in total. The molecule has 1 fully saturated rings. The Balaban J connectivity index is 1.97. The molecule has 0 saturated heterocycles. The Morgan fingerprint density at radius 3 is 2.67 bits per heavy atom. The van der Waals surface area contributed by atoms with Gasteiger partial charge in [-0.3, -0.25) is 0 Å². The Labute approximate surface area is 134 Å². The Morgan fingerprint density at radius 2 is 2.10 bits per heavy atom. The molecular formula is C17H21BrO3. The van der Waals surface area contributed by atoms with Crippen molar-refractivity contribution in [2.75, 3.05) is 0 Å². The van der Waals surface area contributed by atoms with Crippen molar-refractivity contribution in [1.29, 1.82) is 0 Å². The van der Waals surface area contributed by atoms with Gasteiger partial charge in [0.15, 0.2) is 0 Å². The fourth-order valence-electron chi connectivity index (χ4n) is 2.72. The SMILES string of the molecule is CCC1CCC(Oc2ccc(C=CC(=O)O)cc2Br)CC1. The summed E-state index contributed by atoms with van der Waals surface area (Å²) in [6, 6.07) is 5.65. The molecule has 0 bridgehead atoms. The molecule has 1 aliphatic rings. The molecule has 0 spiro atoms. The molecule has 2 rings (SSSR count). The van der Waals surface area contributed by atoms with Crippen LogP contribution in [0.5, 0.6) is 5.75 Å². The predicted octanol–water partition coefficient (Wildman–Crippen LogP) is 4.89. The van der Waals surface area contributed by atoms with E-state index in [4.69, 9.17) is 9.84 Å². The molecule has 1 aromatic carbocycles. The zero-order valence-corrected chi connectivity index (χ0v) is 13.8. The van der Waals surface area contributed by atoms with Gasteiger partial charge < -0.3 is 9.84 Å². The van der Waals surface area contributed by atoms with Gasteiger partial charge in [0.2, 0.25) is 0 Å². The van der Waals surface area contributed by atoms with E-state index in [1.807, 2.05) is 18.2 Å². The van der Waals surface area contributed by atoms with Crippen molar-refractivity contribution in [2.45, 2.75) is 45.1 Å². The normalized spacial score (nSPS) is 22.4. The van der Waals surface area contributed by atoms with Crippen molar-refractivity contribution in [3.05, 3.63) is 34.3 Å². The van der Waals surface area contributed by atoms with Gasteiger partial charge in [-0.25, -0.2) is 4.79 Å². The van der Waals surface area contributed by atoms with Gasteiger partial charge in [0, 0.05) is 6.08 Å². The smallest absolute Gasteiger partial charge is 0.328 e. The third kappa shape index (κ3) is 4.88. The lowest BCUT2D eigenvalue weighted by Crippen LogP contribution is -2.24. The lowest BCUT2D eigenvalue weighted by molar-refractivity contribution is -0.131. The van der Waals surface area contributed by atoms with Crippen LogP contribution in [0.2, 0.25) is 0 Å². The van der Waals surface area contributed by atoms with E-state index in [0.29, 0.717) is 6.10 Å². The molecule has 1 aromatic rings. The molecule has 0 aliphatic heterocycles. The van der Waals surface area contributed by atoms with E-state index in [2.05, 4.69) is 22.9 Å². The molecular weight excluding hydrogens is 332 g/mol. The molecule has 21 heavy (non-hydrogen) atoms. The van der Waals surface area contributed by atoms with E-state index in [-0.39, 0.29) is 0 Å². The van der Waals surface area contributed by atoms with Crippen LogP contribution in [-0.4, -0.2) is 17.2 Å². The number of aliphatic carboxylic acids is 1. The second kappa shape index (κ2) is 7.64. The average molecular weight is 353 g/mol. The van der Waals surface area contributed by atoms with Crippen molar-refractivity contribution in [2.24, 2.45) is 5.92 Å². The largest absolute Gasteiger partial charge is 0.489 e. The van der Waals surface area contributed by atoms with E-state index < -0.39 is 5.97 Å². The van der Waals surface area contributed by atoms with Gasteiger partial charge in [-0.15, -0.1) is 0 Å². The van der Waals surface area contributed by atoms with E-state index in [9.17, 15) is 4.79 Å². The zero-order valence-electron chi connectivity index (χ0n) is 12.2. The highest BCUT2D eigenvalue weighted by Crippen LogP contribution is 2.33. The standard InChI is InChI=1S/C17H21BrO3/c1-2-12-3-7-14(8-4-12)21-16-9-5-13(11-15(16)18)6-10-17(19)20/h5-6,9-12,14H,2-4,7-8H2,1H3,(H,19,20). The third-order valence-electron chi connectivity index (χ3n) is 4.04. The lowest BCUT2D eigenvalue weighted by Gasteiger charge is -2.28. The van der Waals surface area contributed by atoms with Gasteiger partial charge in [-0.1, -0.05) is 19.4 Å². The van der Waals surface area contributed by atoms with Crippen molar-refractivity contribution in [1.82, 2.24) is 0 Å². The average Bonchev–Trinajstić information content (AvgIpc) is 2.48. The summed E-state index contributed by atoms with van der Waals surface area (Å²) in [7, 11) is 0. The summed E-state index contributed by atoms with van der Waals surface area (Å²) in [6.07, 6.45) is 9.00. The van der Waals surface area contributed by atoms with Gasteiger partial charge in [0.1, 0.15) is 5.75 Å². The summed E-state index contributed by atoms with van der Waals surface area (Å²) in [4.78, 5) is 10.5. The first-order valence-corrected chi connectivity index (χ1v) is 8.25. The molecule has 114 valence electrons. The van der Waals surface area contributed by atoms with Crippen molar-refractivity contribution in [3.63, 3.8) is 0 Å². The highest BCUT2D eigenvalue weighted by molar-refractivity contribution is 9.10. The first-order valence-electron chi connectivity index (χ1n) is 7.45. The van der Waals surface area contributed by atoms with Crippen LogP contribution in [0.25, 0.3) is 6.08 Å². The zero-order chi connectivity index (χ0) is 15.2. The molecule has 0 aromatic heterocycles. The third-order valence-corrected chi connectivity index (χ3v) is 4.66. The van der Waals surface area contributed by atoms with Gasteiger partial charge in [0.25, 0.3) is 0 Å². The summed E-state index contributed by atoms with van der Waals surface area (Å²) in [5.41, 5.74) is 0.839. The Morgan fingerprint density at radius 1 is 1.38 bits per heavy atom. The number of ether oxygens (including phenoxy) is 1. The number of benzene rings is 1. The maximum Gasteiger partial charge on any atom is 0.328 e. The van der Waals surface area contributed by atoms with Gasteiger partial charge >= 0.3 is 5.97 Å². The van der Waals surface area contributed by atoms with E-state index in [0.717, 1.165) is 40.6 Å². The topological polar surface area (TPSA) is 46.5 Å². The van der Waals surface area contributed by atoms with E-state index in [1.54, 1.807) is 6.08 Å². The Bertz CT molecular complexity index is 517. The van der Waals surface area contributed by atoms with Crippen LogP contribution >= 0.6 is 15.9 Å². The number of rotatable bonds is 5. The molecule has 4 heteroatoms. The molecule has 1 N–H and O–H groups in total. The van der Waals surface area contributed by atoms with Crippen molar-refractivity contribution in [3.8, 4) is 5.75 Å². The number of halogens is 1. The van der Waals surface area contributed by atoms with E-state index >= 15 is 0 Å². The van der Waals surface area contributed by atoms with Crippen molar-refractivity contribution < 1.29 is 14.6 Å². The highest BCUT2D eigenvalue weighted by atomic mass is 79.9.